The molecule has 1 amide bonds. The van der Waals surface area contributed by atoms with Gasteiger partial charge >= 0.3 is 0 Å². The van der Waals surface area contributed by atoms with Gasteiger partial charge < -0.3 is 10.0 Å². The lowest BCUT2D eigenvalue weighted by Gasteiger charge is -2.38. The maximum Gasteiger partial charge on any atom is 0.255 e. The Labute approximate surface area is 153 Å². The highest BCUT2D eigenvalue weighted by Crippen LogP contribution is 2.31. The lowest BCUT2D eigenvalue weighted by molar-refractivity contribution is -0.0321. The number of aliphatic hydroxyl groups is 1. The summed E-state index contributed by atoms with van der Waals surface area (Å²) >= 11 is 0. The molecule has 0 bridgehead atoms. The van der Waals surface area contributed by atoms with Crippen molar-refractivity contribution in [2.75, 3.05) is 13.1 Å². The predicted octanol–water partition coefficient (Wildman–Crippen LogP) is 1.64. The molecule has 140 valence electrons. The Kier molecular flexibility index (Phi) is 5.04. The van der Waals surface area contributed by atoms with Crippen LogP contribution in [-0.2, 0) is 12.0 Å². The lowest BCUT2D eigenvalue weighted by Crippen LogP contribution is -2.49. The summed E-state index contributed by atoms with van der Waals surface area (Å²) in [5.74, 6) is -0.116. The third-order valence-electron chi connectivity index (χ3n) is 4.83. The molecule has 1 N–H and O–H groups in total. The lowest BCUT2D eigenvalue weighted by atomic mass is 9.89. The zero-order valence-corrected chi connectivity index (χ0v) is 15.8. The molecule has 0 radical (unpaired) electrons. The maximum absolute atomic E-state index is 13.1. The number of aromatic nitrogens is 5. The van der Waals surface area contributed by atoms with Crippen molar-refractivity contribution >= 4 is 5.91 Å². The van der Waals surface area contributed by atoms with Crippen LogP contribution in [0.2, 0.25) is 0 Å². The molecule has 1 aliphatic rings. The zero-order chi connectivity index (χ0) is 18.9. The number of carbonyl (C=O) groups is 1. The number of nitrogens with zero attached hydrogens (tertiary/aromatic N) is 6. The Morgan fingerprint density at radius 3 is 2.77 bits per heavy atom. The number of hydrogen-bond donors (Lipinski definition) is 1. The van der Waals surface area contributed by atoms with Gasteiger partial charge in [0.05, 0.1) is 29.7 Å². The number of amides is 1. The molecule has 1 saturated heterocycles. The first-order valence-corrected chi connectivity index (χ1v) is 9.11. The van der Waals surface area contributed by atoms with Gasteiger partial charge in [-0.05, 0) is 46.1 Å². The van der Waals surface area contributed by atoms with E-state index in [-0.39, 0.29) is 18.5 Å². The van der Waals surface area contributed by atoms with Crippen molar-refractivity contribution in [1.82, 2.24) is 30.1 Å². The van der Waals surface area contributed by atoms with E-state index < -0.39 is 5.60 Å². The maximum atomic E-state index is 13.1. The number of carbonyl (C=O) groups excluding carboxylic acids is 1. The third-order valence-corrected chi connectivity index (χ3v) is 4.83. The SMILES string of the molecule is CCc1nnc(C)cc1C(=O)N1CCCC(O)(c2cn(C(C)C)nn2)C1. The van der Waals surface area contributed by atoms with Crippen LogP contribution in [0, 0.1) is 6.92 Å². The topological polar surface area (TPSA) is 97.0 Å². The quantitative estimate of drug-likeness (QED) is 0.892. The van der Waals surface area contributed by atoms with Gasteiger partial charge in [-0.2, -0.15) is 10.2 Å². The van der Waals surface area contributed by atoms with Gasteiger partial charge in [0.15, 0.2) is 0 Å². The van der Waals surface area contributed by atoms with Crippen LogP contribution in [0.5, 0.6) is 0 Å². The number of aryl methyl sites for hydroxylation is 2. The minimum Gasteiger partial charge on any atom is -0.382 e. The van der Waals surface area contributed by atoms with E-state index >= 15 is 0 Å². The summed E-state index contributed by atoms with van der Waals surface area (Å²) in [5.41, 5.74) is 1.29. The van der Waals surface area contributed by atoms with Gasteiger partial charge in [0, 0.05) is 12.6 Å². The molecule has 1 fully saturated rings. The second-order valence-electron chi connectivity index (χ2n) is 7.24. The van der Waals surface area contributed by atoms with Crippen molar-refractivity contribution in [3.8, 4) is 0 Å². The number of β-amino-alcohol motifs (C(OH)–C–C–N with tert-alkyl or cyclic N) is 1. The molecule has 1 unspecified atom stereocenters. The fourth-order valence-electron chi connectivity index (χ4n) is 3.29. The zero-order valence-electron chi connectivity index (χ0n) is 15.8. The van der Waals surface area contributed by atoms with Crippen molar-refractivity contribution in [2.24, 2.45) is 0 Å². The van der Waals surface area contributed by atoms with Crippen molar-refractivity contribution in [2.45, 2.75) is 58.6 Å². The fraction of sp³-hybridized carbons (Fsp3) is 0.611. The Bertz CT molecular complexity index is 803. The van der Waals surface area contributed by atoms with Crippen LogP contribution < -0.4 is 0 Å². The molecule has 8 heteroatoms. The van der Waals surface area contributed by atoms with Crippen LogP contribution in [0.3, 0.4) is 0 Å². The second-order valence-corrected chi connectivity index (χ2v) is 7.24. The Balaban J connectivity index is 1.85. The fourth-order valence-corrected chi connectivity index (χ4v) is 3.29. The minimum atomic E-state index is -1.18. The Morgan fingerprint density at radius 1 is 1.35 bits per heavy atom. The number of hydrogen-bond acceptors (Lipinski definition) is 6. The molecule has 2 aromatic rings. The van der Waals surface area contributed by atoms with E-state index in [9.17, 15) is 9.90 Å². The number of piperidine rings is 1. The molecule has 26 heavy (non-hydrogen) atoms. The summed E-state index contributed by atoms with van der Waals surface area (Å²) in [6, 6.07) is 1.94. The van der Waals surface area contributed by atoms with Crippen LogP contribution in [0.15, 0.2) is 12.3 Å². The van der Waals surface area contributed by atoms with Crippen LogP contribution in [0.25, 0.3) is 0 Å². The van der Waals surface area contributed by atoms with Gasteiger partial charge in [-0.25, -0.2) is 4.68 Å². The minimum absolute atomic E-state index is 0.116. The molecule has 1 atom stereocenters. The molecule has 3 heterocycles. The average Bonchev–Trinajstić information content (AvgIpc) is 3.12. The molecular formula is C18H26N6O2. The van der Waals surface area contributed by atoms with E-state index in [0.29, 0.717) is 48.5 Å². The van der Waals surface area contributed by atoms with Crippen molar-refractivity contribution in [1.29, 1.82) is 0 Å². The summed E-state index contributed by atoms with van der Waals surface area (Å²) in [6.07, 6.45) is 3.67. The van der Waals surface area contributed by atoms with E-state index in [1.165, 1.54) is 0 Å². The Hall–Kier alpha value is -2.35. The second kappa shape index (κ2) is 7.11. The van der Waals surface area contributed by atoms with E-state index in [0.717, 1.165) is 0 Å². The molecule has 2 aromatic heterocycles. The van der Waals surface area contributed by atoms with Crippen LogP contribution >= 0.6 is 0 Å². The molecule has 8 nitrogen and oxygen atoms in total. The summed E-state index contributed by atoms with van der Waals surface area (Å²) < 4.78 is 1.72. The van der Waals surface area contributed by atoms with E-state index in [1.807, 2.05) is 27.7 Å². The molecule has 0 aromatic carbocycles. The van der Waals surface area contributed by atoms with E-state index in [1.54, 1.807) is 21.8 Å². The van der Waals surface area contributed by atoms with Crippen LogP contribution in [-0.4, -0.2) is 54.2 Å². The average molecular weight is 358 g/mol. The van der Waals surface area contributed by atoms with Gasteiger partial charge in [0.1, 0.15) is 11.3 Å². The molecule has 3 rings (SSSR count). The van der Waals surface area contributed by atoms with Gasteiger partial charge in [0.25, 0.3) is 5.91 Å². The first kappa shape index (κ1) is 18.4. The van der Waals surface area contributed by atoms with Crippen molar-refractivity contribution in [3.05, 3.63) is 34.9 Å². The van der Waals surface area contributed by atoms with Gasteiger partial charge in [-0.1, -0.05) is 12.1 Å². The third kappa shape index (κ3) is 3.46. The predicted molar refractivity (Wildman–Crippen MR) is 95.6 cm³/mol. The number of rotatable bonds is 4. The molecule has 0 saturated carbocycles. The molecule has 0 spiro atoms. The summed E-state index contributed by atoms with van der Waals surface area (Å²) in [7, 11) is 0. The smallest absolute Gasteiger partial charge is 0.255 e. The highest BCUT2D eigenvalue weighted by atomic mass is 16.3. The van der Waals surface area contributed by atoms with Gasteiger partial charge in [-0.15, -0.1) is 5.10 Å². The first-order valence-electron chi connectivity index (χ1n) is 9.11. The van der Waals surface area contributed by atoms with Crippen LogP contribution in [0.1, 0.15) is 67.1 Å². The summed E-state index contributed by atoms with van der Waals surface area (Å²) in [6.45, 7) is 8.58. The largest absolute Gasteiger partial charge is 0.382 e. The van der Waals surface area contributed by atoms with Crippen molar-refractivity contribution in [3.63, 3.8) is 0 Å². The van der Waals surface area contributed by atoms with Crippen LogP contribution in [0.4, 0.5) is 0 Å². The highest BCUT2D eigenvalue weighted by molar-refractivity contribution is 5.95. The van der Waals surface area contributed by atoms with Gasteiger partial charge in [-0.3, -0.25) is 4.79 Å². The molecule has 1 aliphatic heterocycles. The van der Waals surface area contributed by atoms with E-state index in [4.69, 9.17) is 0 Å². The van der Waals surface area contributed by atoms with Gasteiger partial charge in [0.2, 0.25) is 0 Å². The van der Waals surface area contributed by atoms with E-state index in [2.05, 4.69) is 20.5 Å². The monoisotopic (exact) mass is 358 g/mol. The standard InChI is InChI=1S/C18H26N6O2/c1-5-15-14(9-13(4)19-20-15)17(25)23-8-6-7-18(26,11-23)16-10-24(12(2)3)22-21-16/h9-10,12,26H,5-8,11H2,1-4H3. The molecule has 0 aliphatic carbocycles. The number of likely N-dealkylation sites (tertiary alicyclic amines) is 1. The van der Waals surface area contributed by atoms with Crippen molar-refractivity contribution < 1.29 is 9.90 Å². The first-order chi connectivity index (χ1) is 12.3. The Morgan fingerprint density at radius 2 is 2.12 bits per heavy atom. The molecular weight excluding hydrogens is 332 g/mol. The summed E-state index contributed by atoms with van der Waals surface area (Å²) in [4.78, 5) is 14.8. The highest BCUT2D eigenvalue weighted by Gasteiger charge is 2.39. The summed E-state index contributed by atoms with van der Waals surface area (Å²) in [5, 5.41) is 27.6. The normalized spacial score (nSPS) is 20.6.